The Hall–Kier alpha value is -3.67. The maximum Gasteiger partial charge on any atom is 0.330 e. The number of carbonyl (C=O) groups excluding carboxylic acids is 1. The average Bonchev–Trinajstić information content (AvgIpc) is 3.14. The van der Waals surface area contributed by atoms with E-state index >= 15 is 0 Å². The molecule has 0 bridgehead atoms. The molecular formula is C35H46O19. The zero-order valence-electron chi connectivity index (χ0n) is 29.1. The van der Waals surface area contributed by atoms with Crippen LogP contribution in [0.3, 0.4) is 0 Å². The smallest absolute Gasteiger partial charge is 0.330 e. The summed E-state index contributed by atoms with van der Waals surface area (Å²) < 4.78 is 40.6. The second kappa shape index (κ2) is 17.9. The fraction of sp³-hybridized carbons (Fsp3) is 0.571. The van der Waals surface area contributed by atoms with E-state index in [-0.39, 0.29) is 30.3 Å². The SMILES string of the molecule is CC1OC(OC2C(OCCc3ccc(O)c(O)c3)OC(COC(=O)C=Cc3ccc(O)c(O)c3)C(O)C2OC2OC(C)C(O)C(O)C2O)C(O)C(O)C1O. The minimum Gasteiger partial charge on any atom is -0.504 e. The van der Waals surface area contributed by atoms with Crippen LogP contribution in [0.15, 0.2) is 42.5 Å². The summed E-state index contributed by atoms with van der Waals surface area (Å²) in [5.41, 5.74) is 0.856. The number of aromatic hydroxyl groups is 4. The first-order chi connectivity index (χ1) is 25.5. The van der Waals surface area contributed by atoms with Gasteiger partial charge in [-0.05, 0) is 61.7 Å². The molecule has 2 aromatic rings. The molecule has 19 nitrogen and oxygen atoms in total. The van der Waals surface area contributed by atoms with Gasteiger partial charge in [-0.1, -0.05) is 12.1 Å². The van der Waals surface area contributed by atoms with Crippen LogP contribution in [0.4, 0.5) is 0 Å². The predicted octanol–water partition coefficient (Wildman–Crippen LogP) is -2.16. The van der Waals surface area contributed by atoms with Crippen LogP contribution in [-0.4, -0.2) is 167 Å². The number of esters is 1. The van der Waals surface area contributed by atoms with E-state index < -0.39 is 110 Å². The first-order valence-electron chi connectivity index (χ1n) is 17.1. The minimum atomic E-state index is -1.86. The maximum atomic E-state index is 12.7. The standard InChI is InChI=1S/C35H46O19/c1-14-24(41)27(44)29(46)33(50-14)53-31-26(43)22(13-49-23(40)8-5-16-3-6-18(36)20(38)11-16)52-35(48-10-9-17-4-7-19(37)21(39)12-17)32(31)54-34-30(47)28(45)25(42)15(2)51-34/h3-8,11-12,14-15,22,24-39,41-47H,9-10,13H2,1-2H3. The summed E-state index contributed by atoms with van der Waals surface area (Å²) in [6.07, 6.45) is -21.4. The molecule has 2 aromatic carbocycles. The van der Waals surface area contributed by atoms with Gasteiger partial charge in [-0.2, -0.15) is 0 Å². The van der Waals surface area contributed by atoms with Gasteiger partial charge in [0, 0.05) is 6.08 Å². The molecule has 15 atom stereocenters. The Morgan fingerprint density at radius 1 is 0.648 bits per heavy atom. The van der Waals surface area contributed by atoms with Crippen molar-refractivity contribution in [3.63, 3.8) is 0 Å². The Bertz CT molecular complexity index is 1590. The van der Waals surface area contributed by atoms with E-state index in [2.05, 4.69) is 0 Å². The fourth-order valence-electron chi connectivity index (χ4n) is 6.06. The number of hydrogen-bond acceptors (Lipinski definition) is 19. The van der Waals surface area contributed by atoms with Gasteiger partial charge in [0.05, 0.1) is 18.8 Å². The van der Waals surface area contributed by atoms with Gasteiger partial charge in [0.1, 0.15) is 67.6 Å². The molecule has 11 N–H and O–H groups in total. The van der Waals surface area contributed by atoms with E-state index in [1.807, 2.05) is 0 Å². The molecule has 5 rings (SSSR count). The monoisotopic (exact) mass is 770 g/mol. The molecule has 0 spiro atoms. The normalized spacial score (nSPS) is 37.3. The first kappa shape index (κ1) is 41.5. The fourth-order valence-corrected chi connectivity index (χ4v) is 6.06. The lowest BCUT2D eigenvalue weighted by Crippen LogP contribution is -2.66. The van der Waals surface area contributed by atoms with Gasteiger partial charge in [0.15, 0.2) is 41.9 Å². The van der Waals surface area contributed by atoms with E-state index in [1.165, 1.54) is 56.3 Å². The Balaban J connectivity index is 1.41. The molecule has 0 aliphatic carbocycles. The van der Waals surface area contributed by atoms with E-state index in [1.54, 1.807) is 0 Å². The van der Waals surface area contributed by atoms with Crippen molar-refractivity contribution in [2.45, 2.75) is 112 Å². The molecule has 19 heteroatoms. The van der Waals surface area contributed by atoms with Crippen molar-refractivity contribution in [1.82, 2.24) is 0 Å². The van der Waals surface area contributed by atoms with Crippen molar-refractivity contribution < 1.29 is 94.1 Å². The largest absolute Gasteiger partial charge is 0.504 e. The Morgan fingerprint density at radius 3 is 1.78 bits per heavy atom. The molecule has 3 aliphatic heterocycles. The zero-order chi connectivity index (χ0) is 39.4. The average molecular weight is 771 g/mol. The Labute approximate surface area is 308 Å². The van der Waals surface area contributed by atoms with E-state index in [0.29, 0.717) is 11.1 Å². The summed E-state index contributed by atoms with van der Waals surface area (Å²) in [5, 5.41) is 113. The van der Waals surface area contributed by atoms with Gasteiger partial charge in [-0.15, -0.1) is 0 Å². The number of benzene rings is 2. The highest BCUT2D eigenvalue weighted by Gasteiger charge is 2.54. The minimum absolute atomic E-state index is 0.113. The zero-order valence-corrected chi connectivity index (χ0v) is 29.1. The molecule has 15 unspecified atom stereocenters. The van der Waals surface area contributed by atoms with Gasteiger partial charge in [0.25, 0.3) is 0 Å². The van der Waals surface area contributed by atoms with Gasteiger partial charge in [-0.3, -0.25) is 0 Å². The van der Waals surface area contributed by atoms with Crippen LogP contribution >= 0.6 is 0 Å². The highest BCUT2D eigenvalue weighted by molar-refractivity contribution is 5.87. The highest BCUT2D eigenvalue weighted by Crippen LogP contribution is 2.34. The van der Waals surface area contributed by atoms with Crippen LogP contribution in [0.2, 0.25) is 0 Å². The van der Waals surface area contributed by atoms with Crippen molar-refractivity contribution in [3.8, 4) is 23.0 Å². The van der Waals surface area contributed by atoms with Crippen molar-refractivity contribution in [2.75, 3.05) is 13.2 Å². The summed E-state index contributed by atoms with van der Waals surface area (Å²) in [6.45, 7) is 1.98. The first-order valence-corrected chi connectivity index (χ1v) is 17.1. The molecule has 0 aromatic heterocycles. The molecular weight excluding hydrogens is 724 g/mol. The van der Waals surface area contributed by atoms with Gasteiger partial charge in [-0.25, -0.2) is 4.79 Å². The molecule has 3 heterocycles. The van der Waals surface area contributed by atoms with E-state index in [4.69, 9.17) is 33.2 Å². The molecule has 3 saturated heterocycles. The Morgan fingerprint density at radius 2 is 1.20 bits per heavy atom. The number of phenols is 4. The topological polar surface area (TPSA) is 304 Å². The number of hydrogen-bond donors (Lipinski definition) is 11. The van der Waals surface area contributed by atoms with E-state index in [0.717, 1.165) is 6.08 Å². The predicted molar refractivity (Wildman–Crippen MR) is 178 cm³/mol. The summed E-state index contributed by atoms with van der Waals surface area (Å²) in [6, 6.07) is 7.90. The molecule has 0 amide bonds. The molecule has 3 fully saturated rings. The number of aliphatic hydroxyl groups excluding tert-OH is 7. The van der Waals surface area contributed by atoms with Crippen LogP contribution in [0.5, 0.6) is 23.0 Å². The molecule has 0 saturated carbocycles. The van der Waals surface area contributed by atoms with Crippen LogP contribution in [-0.2, 0) is 44.4 Å². The van der Waals surface area contributed by atoms with Crippen LogP contribution in [0, 0.1) is 0 Å². The second-order valence-corrected chi connectivity index (χ2v) is 13.3. The summed E-state index contributed by atoms with van der Waals surface area (Å²) in [4.78, 5) is 12.7. The van der Waals surface area contributed by atoms with Crippen molar-refractivity contribution in [3.05, 3.63) is 53.6 Å². The summed E-state index contributed by atoms with van der Waals surface area (Å²) in [7, 11) is 0. The quantitative estimate of drug-likeness (QED) is 0.0622. The maximum absolute atomic E-state index is 12.7. The lowest BCUT2D eigenvalue weighted by molar-refractivity contribution is -0.389. The van der Waals surface area contributed by atoms with Crippen LogP contribution in [0.1, 0.15) is 25.0 Å². The van der Waals surface area contributed by atoms with Crippen molar-refractivity contribution in [1.29, 1.82) is 0 Å². The van der Waals surface area contributed by atoms with Gasteiger partial charge in [0.2, 0.25) is 0 Å². The lowest BCUT2D eigenvalue weighted by Gasteiger charge is -2.48. The summed E-state index contributed by atoms with van der Waals surface area (Å²) in [5.74, 6) is -2.44. The van der Waals surface area contributed by atoms with Gasteiger partial charge < -0.3 is 89.3 Å². The third kappa shape index (κ3) is 9.58. The van der Waals surface area contributed by atoms with Crippen LogP contribution < -0.4 is 0 Å². The van der Waals surface area contributed by atoms with Crippen molar-refractivity contribution >= 4 is 12.0 Å². The number of aliphatic hydroxyl groups is 7. The Kier molecular flexibility index (Phi) is 13.7. The molecule has 0 radical (unpaired) electrons. The number of phenolic OH excluding ortho intramolecular Hbond substituents is 4. The number of rotatable bonds is 12. The molecule has 54 heavy (non-hydrogen) atoms. The van der Waals surface area contributed by atoms with Crippen LogP contribution in [0.25, 0.3) is 6.08 Å². The third-order valence-electron chi connectivity index (χ3n) is 9.33. The number of ether oxygens (including phenoxy) is 7. The lowest BCUT2D eigenvalue weighted by atomic mass is 9.96. The summed E-state index contributed by atoms with van der Waals surface area (Å²) >= 11 is 0. The highest BCUT2D eigenvalue weighted by atomic mass is 16.8. The molecule has 3 aliphatic rings. The third-order valence-corrected chi connectivity index (χ3v) is 9.33. The number of carbonyl (C=O) groups is 1. The van der Waals surface area contributed by atoms with Crippen molar-refractivity contribution in [2.24, 2.45) is 0 Å². The molecule has 300 valence electrons. The second-order valence-electron chi connectivity index (χ2n) is 13.3. The van der Waals surface area contributed by atoms with Gasteiger partial charge >= 0.3 is 5.97 Å². The van der Waals surface area contributed by atoms with E-state index in [9.17, 15) is 61.0 Å².